The van der Waals surface area contributed by atoms with Crippen LogP contribution in [0.5, 0.6) is 0 Å². The van der Waals surface area contributed by atoms with Crippen LogP contribution in [0.3, 0.4) is 0 Å². The molecule has 0 saturated carbocycles. The lowest BCUT2D eigenvalue weighted by atomic mass is 10.2. The van der Waals surface area contributed by atoms with Gasteiger partial charge in [-0.15, -0.1) is 0 Å². The Morgan fingerprint density at radius 1 is 1.59 bits per heavy atom. The molecule has 1 rings (SSSR count). The molecule has 1 unspecified atom stereocenters. The van der Waals surface area contributed by atoms with Crippen molar-refractivity contribution in [2.75, 3.05) is 0 Å². The van der Waals surface area contributed by atoms with Gasteiger partial charge in [0, 0.05) is 12.2 Å². The first kappa shape index (κ1) is 14.0. The number of rotatable bonds is 4. The lowest BCUT2D eigenvalue weighted by Crippen LogP contribution is -2.37. The van der Waals surface area contributed by atoms with Gasteiger partial charge in [-0.05, 0) is 47.8 Å². The molecule has 1 heterocycles. The van der Waals surface area contributed by atoms with Crippen molar-refractivity contribution in [1.29, 1.82) is 0 Å². The molecule has 4 nitrogen and oxygen atoms in total. The SMILES string of the molecule is CCC(C)NC(=O)Cn1cc(C)cc(Br)c1=O. The monoisotopic (exact) mass is 300 g/mol. The number of hydrogen-bond acceptors (Lipinski definition) is 2. The molecule has 1 N–H and O–H groups in total. The zero-order valence-electron chi connectivity index (χ0n) is 10.3. The van der Waals surface area contributed by atoms with Crippen molar-refractivity contribution < 1.29 is 4.79 Å². The quantitative estimate of drug-likeness (QED) is 0.922. The number of nitrogens with zero attached hydrogens (tertiary/aromatic N) is 1. The van der Waals surface area contributed by atoms with E-state index in [2.05, 4.69) is 21.2 Å². The minimum absolute atomic E-state index is 0.0590. The Labute approximate surface area is 109 Å². The molecule has 0 bridgehead atoms. The summed E-state index contributed by atoms with van der Waals surface area (Å²) in [5.41, 5.74) is 0.753. The summed E-state index contributed by atoms with van der Waals surface area (Å²) < 4.78 is 1.89. The second kappa shape index (κ2) is 6.00. The molecule has 0 aliphatic carbocycles. The van der Waals surface area contributed by atoms with Crippen LogP contribution in [0.2, 0.25) is 0 Å². The highest BCUT2D eigenvalue weighted by atomic mass is 79.9. The summed E-state index contributed by atoms with van der Waals surface area (Å²) in [6, 6.07) is 1.87. The third-order valence-corrected chi connectivity index (χ3v) is 3.08. The van der Waals surface area contributed by atoms with Gasteiger partial charge in [-0.25, -0.2) is 0 Å². The van der Waals surface area contributed by atoms with Gasteiger partial charge in [0.1, 0.15) is 6.54 Å². The number of aryl methyl sites for hydroxylation is 1. The molecule has 5 heteroatoms. The van der Waals surface area contributed by atoms with E-state index < -0.39 is 0 Å². The van der Waals surface area contributed by atoms with Gasteiger partial charge in [0.05, 0.1) is 4.47 Å². The molecule has 1 aromatic rings. The van der Waals surface area contributed by atoms with Gasteiger partial charge in [0.15, 0.2) is 0 Å². The highest BCUT2D eigenvalue weighted by Crippen LogP contribution is 2.05. The van der Waals surface area contributed by atoms with Crippen LogP contribution in [0.15, 0.2) is 21.5 Å². The average Bonchev–Trinajstić information content (AvgIpc) is 2.24. The minimum atomic E-state index is -0.185. The van der Waals surface area contributed by atoms with Crippen LogP contribution >= 0.6 is 15.9 Å². The van der Waals surface area contributed by atoms with E-state index in [0.717, 1.165) is 12.0 Å². The molecule has 0 aromatic carbocycles. The summed E-state index contributed by atoms with van der Waals surface area (Å²) >= 11 is 3.19. The van der Waals surface area contributed by atoms with Crippen LogP contribution in [0.4, 0.5) is 0 Å². The topological polar surface area (TPSA) is 51.1 Å². The lowest BCUT2D eigenvalue weighted by molar-refractivity contribution is -0.122. The Morgan fingerprint density at radius 3 is 2.82 bits per heavy atom. The van der Waals surface area contributed by atoms with Crippen molar-refractivity contribution in [2.24, 2.45) is 0 Å². The van der Waals surface area contributed by atoms with Crippen molar-refractivity contribution in [3.63, 3.8) is 0 Å². The molecule has 0 aliphatic rings. The number of nitrogens with one attached hydrogen (secondary N) is 1. The van der Waals surface area contributed by atoms with Gasteiger partial charge < -0.3 is 9.88 Å². The van der Waals surface area contributed by atoms with Crippen LogP contribution in [0, 0.1) is 6.92 Å². The maximum Gasteiger partial charge on any atom is 0.265 e. The van der Waals surface area contributed by atoms with E-state index in [9.17, 15) is 9.59 Å². The minimum Gasteiger partial charge on any atom is -0.352 e. The first-order valence-electron chi connectivity index (χ1n) is 5.60. The Hall–Kier alpha value is -1.10. The highest BCUT2D eigenvalue weighted by molar-refractivity contribution is 9.10. The van der Waals surface area contributed by atoms with Crippen LogP contribution in [0.1, 0.15) is 25.8 Å². The van der Waals surface area contributed by atoms with E-state index >= 15 is 0 Å². The smallest absolute Gasteiger partial charge is 0.265 e. The molecule has 0 radical (unpaired) electrons. The van der Waals surface area contributed by atoms with Crippen LogP contribution in [-0.4, -0.2) is 16.5 Å². The molecule has 1 atom stereocenters. The van der Waals surface area contributed by atoms with Crippen LogP contribution in [0.25, 0.3) is 0 Å². The average molecular weight is 301 g/mol. The number of carbonyl (C=O) groups is 1. The van der Waals surface area contributed by atoms with E-state index in [-0.39, 0.29) is 24.1 Å². The number of carbonyl (C=O) groups excluding carboxylic acids is 1. The summed E-state index contributed by atoms with van der Waals surface area (Å²) in [4.78, 5) is 23.4. The summed E-state index contributed by atoms with van der Waals surface area (Å²) in [6.07, 6.45) is 2.56. The number of aromatic nitrogens is 1. The second-order valence-corrected chi connectivity index (χ2v) is 5.03. The van der Waals surface area contributed by atoms with E-state index in [4.69, 9.17) is 0 Å². The molecular formula is C12H17BrN2O2. The fraction of sp³-hybridized carbons (Fsp3) is 0.500. The number of halogens is 1. The normalized spacial score (nSPS) is 12.2. The first-order valence-corrected chi connectivity index (χ1v) is 6.39. The Bertz CT molecular complexity index is 468. The first-order chi connectivity index (χ1) is 7.93. The molecule has 0 spiro atoms. The van der Waals surface area contributed by atoms with Crippen molar-refractivity contribution in [3.8, 4) is 0 Å². The van der Waals surface area contributed by atoms with E-state index in [0.29, 0.717) is 4.47 Å². The molecular weight excluding hydrogens is 284 g/mol. The Balaban J connectivity index is 2.82. The molecule has 94 valence electrons. The van der Waals surface area contributed by atoms with Crippen molar-refractivity contribution >= 4 is 21.8 Å². The van der Waals surface area contributed by atoms with Crippen molar-refractivity contribution in [1.82, 2.24) is 9.88 Å². The van der Waals surface area contributed by atoms with Gasteiger partial charge in [0.2, 0.25) is 5.91 Å². The fourth-order valence-electron chi connectivity index (χ4n) is 1.44. The lowest BCUT2D eigenvalue weighted by Gasteiger charge is -2.12. The predicted octanol–water partition coefficient (Wildman–Crippen LogP) is 1.83. The number of hydrogen-bond donors (Lipinski definition) is 1. The fourth-order valence-corrected chi connectivity index (χ4v) is 2.02. The summed E-state index contributed by atoms with van der Waals surface area (Å²) in [5.74, 6) is -0.140. The zero-order chi connectivity index (χ0) is 13.0. The third kappa shape index (κ3) is 4.00. The molecule has 1 amide bonds. The zero-order valence-corrected chi connectivity index (χ0v) is 11.9. The van der Waals surface area contributed by atoms with E-state index in [1.165, 1.54) is 4.57 Å². The maximum absolute atomic E-state index is 11.7. The van der Waals surface area contributed by atoms with Gasteiger partial charge in [-0.1, -0.05) is 6.92 Å². The van der Waals surface area contributed by atoms with Crippen molar-refractivity contribution in [2.45, 2.75) is 39.8 Å². The summed E-state index contributed by atoms with van der Waals surface area (Å²) in [6.45, 7) is 5.88. The largest absolute Gasteiger partial charge is 0.352 e. The molecule has 0 aliphatic heterocycles. The van der Waals surface area contributed by atoms with Gasteiger partial charge in [0.25, 0.3) is 5.56 Å². The predicted molar refractivity (Wildman–Crippen MR) is 71.0 cm³/mol. The third-order valence-electron chi connectivity index (χ3n) is 2.51. The maximum atomic E-state index is 11.7. The van der Waals surface area contributed by atoms with Gasteiger partial charge >= 0.3 is 0 Å². The standard InChI is InChI=1S/C12H17BrN2O2/c1-4-9(3)14-11(16)7-15-6-8(2)5-10(13)12(15)17/h5-6,9H,4,7H2,1-3H3,(H,14,16). The Morgan fingerprint density at radius 2 is 2.24 bits per heavy atom. The van der Waals surface area contributed by atoms with Crippen molar-refractivity contribution in [3.05, 3.63) is 32.7 Å². The molecule has 0 fully saturated rings. The summed E-state index contributed by atoms with van der Waals surface area (Å²) in [7, 11) is 0. The molecule has 0 saturated heterocycles. The van der Waals surface area contributed by atoms with E-state index in [1.807, 2.05) is 20.8 Å². The van der Waals surface area contributed by atoms with Crippen LogP contribution in [-0.2, 0) is 11.3 Å². The van der Waals surface area contributed by atoms with Gasteiger partial charge in [-0.2, -0.15) is 0 Å². The number of pyridine rings is 1. The molecule has 17 heavy (non-hydrogen) atoms. The van der Waals surface area contributed by atoms with E-state index in [1.54, 1.807) is 12.3 Å². The van der Waals surface area contributed by atoms with Crippen LogP contribution < -0.4 is 10.9 Å². The number of amides is 1. The second-order valence-electron chi connectivity index (χ2n) is 4.18. The molecule has 1 aromatic heterocycles. The Kier molecular flexibility index (Phi) is 4.93. The highest BCUT2D eigenvalue weighted by Gasteiger charge is 2.09. The summed E-state index contributed by atoms with van der Waals surface area (Å²) in [5, 5.41) is 2.83. The van der Waals surface area contributed by atoms with Gasteiger partial charge in [-0.3, -0.25) is 9.59 Å².